The number of anilines is 3. The number of benzene rings is 2. The highest BCUT2D eigenvalue weighted by atomic mass is 16.5. The molecule has 5 rings (SSSR count). The minimum absolute atomic E-state index is 0.561. The van der Waals surface area contributed by atoms with Crippen molar-refractivity contribution >= 4 is 28.1 Å². The van der Waals surface area contributed by atoms with Gasteiger partial charge in [0.05, 0.1) is 5.52 Å². The van der Waals surface area contributed by atoms with Gasteiger partial charge in [-0.1, -0.05) is 23.8 Å². The standard InChI is InChI=1S/C28H35N3O/c1-18-14-19(2)27(20(3)15-18)30-28-21(4)16-24-25(29-28)6-5-7-26(24)31(17-22-8-9-22)23-10-12-32-13-11-23/h5-7,14-16,22-23H,8-13,17H2,1-4H3,(H,29,30). The van der Waals surface area contributed by atoms with Crippen LogP contribution in [0.4, 0.5) is 17.2 Å². The highest BCUT2D eigenvalue weighted by molar-refractivity contribution is 5.94. The Balaban J connectivity index is 1.53. The Kier molecular flexibility index (Phi) is 5.81. The second kappa shape index (κ2) is 8.74. The molecule has 2 aromatic carbocycles. The summed E-state index contributed by atoms with van der Waals surface area (Å²) in [6.07, 6.45) is 4.96. The third kappa shape index (κ3) is 4.33. The van der Waals surface area contributed by atoms with Crippen LogP contribution in [0.3, 0.4) is 0 Å². The quantitative estimate of drug-likeness (QED) is 0.478. The number of hydrogen-bond acceptors (Lipinski definition) is 4. The first kappa shape index (κ1) is 21.3. The van der Waals surface area contributed by atoms with Gasteiger partial charge < -0.3 is 15.0 Å². The van der Waals surface area contributed by atoms with Crippen molar-refractivity contribution in [3.63, 3.8) is 0 Å². The summed E-state index contributed by atoms with van der Waals surface area (Å²) in [5.41, 5.74) is 8.56. The summed E-state index contributed by atoms with van der Waals surface area (Å²) in [6.45, 7) is 11.6. The maximum atomic E-state index is 5.66. The van der Waals surface area contributed by atoms with Gasteiger partial charge in [0.1, 0.15) is 5.82 Å². The molecule has 32 heavy (non-hydrogen) atoms. The van der Waals surface area contributed by atoms with Crippen LogP contribution < -0.4 is 10.2 Å². The second-order valence-electron chi connectivity index (χ2n) is 9.84. The molecule has 1 saturated carbocycles. The summed E-state index contributed by atoms with van der Waals surface area (Å²) in [4.78, 5) is 7.77. The minimum atomic E-state index is 0.561. The van der Waals surface area contributed by atoms with Gasteiger partial charge >= 0.3 is 0 Å². The Morgan fingerprint density at radius 3 is 2.34 bits per heavy atom. The lowest BCUT2D eigenvalue weighted by Crippen LogP contribution is -2.41. The lowest BCUT2D eigenvalue weighted by molar-refractivity contribution is 0.0842. The van der Waals surface area contributed by atoms with Crippen molar-refractivity contribution in [1.82, 2.24) is 4.98 Å². The van der Waals surface area contributed by atoms with Gasteiger partial charge in [-0.25, -0.2) is 4.98 Å². The Labute approximate surface area is 192 Å². The molecule has 0 spiro atoms. The molecular formula is C28H35N3O. The molecule has 0 amide bonds. The maximum absolute atomic E-state index is 5.66. The van der Waals surface area contributed by atoms with Crippen molar-refractivity contribution in [2.45, 2.75) is 59.4 Å². The number of nitrogens with zero attached hydrogens (tertiary/aromatic N) is 2. The average Bonchev–Trinajstić information content (AvgIpc) is 3.59. The van der Waals surface area contributed by atoms with Gasteiger partial charge in [0, 0.05) is 42.6 Å². The summed E-state index contributed by atoms with van der Waals surface area (Å²) in [7, 11) is 0. The summed E-state index contributed by atoms with van der Waals surface area (Å²) in [6, 6.07) is 14.0. The van der Waals surface area contributed by atoms with Gasteiger partial charge in [-0.2, -0.15) is 0 Å². The van der Waals surface area contributed by atoms with E-state index in [4.69, 9.17) is 9.72 Å². The van der Waals surface area contributed by atoms with Crippen LogP contribution in [-0.2, 0) is 4.74 Å². The number of hydrogen-bond donors (Lipinski definition) is 1. The fourth-order valence-corrected chi connectivity index (χ4v) is 5.17. The van der Waals surface area contributed by atoms with E-state index in [0.717, 1.165) is 49.9 Å². The average molecular weight is 430 g/mol. The molecule has 1 N–H and O–H groups in total. The van der Waals surface area contributed by atoms with Crippen molar-refractivity contribution in [3.05, 3.63) is 58.7 Å². The van der Waals surface area contributed by atoms with E-state index in [1.54, 1.807) is 0 Å². The first-order chi connectivity index (χ1) is 15.5. The molecule has 2 heterocycles. The monoisotopic (exact) mass is 429 g/mol. The van der Waals surface area contributed by atoms with E-state index in [9.17, 15) is 0 Å². The fourth-order valence-electron chi connectivity index (χ4n) is 5.17. The molecule has 1 aliphatic heterocycles. The predicted octanol–water partition coefficient (Wildman–Crippen LogP) is 6.61. The Morgan fingerprint density at radius 1 is 0.938 bits per heavy atom. The van der Waals surface area contributed by atoms with Crippen LogP contribution in [0.2, 0.25) is 0 Å². The number of nitrogens with one attached hydrogen (secondary N) is 1. The van der Waals surface area contributed by atoms with Crippen LogP contribution >= 0.6 is 0 Å². The van der Waals surface area contributed by atoms with Crippen LogP contribution in [0.5, 0.6) is 0 Å². The summed E-state index contributed by atoms with van der Waals surface area (Å²) >= 11 is 0. The molecule has 2 fully saturated rings. The van der Waals surface area contributed by atoms with Gasteiger partial charge in [0.15, 0.2) is 0 Å². The zero-order valence-corrected chi connectivity index (χ0v) is 19.9. The molecule has 3 aromatic rings. The molecule has 1 aliphatic carbocycles. The molecule has 1 saturated heterocycles. The van der Waals surface area contributed by atoms with E-state index in [1.807, 2.05) is 0 Å². The van der Waals surface area contributed by atoms with Gasteiger partial charge in [-0.3, -0.25) is 0 Å². The topological polar surface area (TPSA) is 37.4 Å². The van der Waals surface area contributed by atoms with E-state index in [0.29, 0.717) is 6.04 Å². The van der Waals surface area contributed by atoms with Crippen LogP contribution in [0, 0.1) is 33.6 Å². The first-order valence-corrected chi connectivity index (χ1v) is 12.1. The molecule has 4 heteroatoms. The van der Waals surface area contributed by atoms with Gasteiger partial charge in [-0.15, -0.1) is 0 Å². The largest absolute Gasteiger partial charge is 0.381 e. The SMILES string of the molecule is Cc1cc(C)c(Nc2nc3cccc(N(CC4CC4)C4CCOCC4)c3cc2C)c(C)c1. The van der Waals surface area contributed by atoms with Crippen LogP contribution in [0.15, 0.2) is 36.4 Å². The second-order valence-corrected chi connectivity index (χ2v) is 9.84. The van der Waals surface area contributed by atoms with Crippen molar-refractivity contribution in [2.75, 3.05) is 30.0 Å². The van der Waals surface area contributed by atoms with Gasteiger partial charge in [-0.05, 0) is 94.2 Å². The number of rotatable bonds is 6. The summed E-state index contributed by atoms with van der Waals surface area (Å²) < 4.78 is 5.66. The Hall–Kier alpha value is -2.59. The molecule has 2 aliphatic rings. The third-order valence-electron chi connectivity index (χ3n) is 7.04. The normalized spacial score (nSPS) is 17.0. The zero-order valence-electron chi connectivity index (χ0n) is 19.9. The number of pyridine rings is 1. The maximum Gasteiger partial charge on any atom is 0.134 e. The number of ether oxygens (including phenoxy) is 1. The van der Waals surface area contributed by atoms with Gasteiger partial charge in [0.25, 0.3) is 0 Å². The summed E-state index contributed by atoms with van der Waals surface area (Å²) in [5, 5.41) is 4.91. The van der Waals surface area contributed by atoms with Crippen LogP contribution in [0.1, 0.15) is 47.9 Å². The van der Waals surface area contributed by atoms with Crippen LogP contribution in [0.25, 0.3) is 10.9 Å². The number of fused-ring (bicyclic) bond motifs is 1. The minimum Gasteiger partial charge on any atom is -0.381 e. The van der Waals surface area contributed by atoms with Crippen molar-refractivity contribution in [3.8, 4) is 0 Å². The Morgan fingerprint density at radius 2 is 1.66 bits per heavy atom. The molecule has 1 aromatic heterocycles. The number of aromatic nitrogens is 1. The first-order valence-electron chi connectivity index (χ1n) is 12.1. The lowest BCUT2D eigenvalue weighted by atomic mass is 10.0. The van der Waals surface area contributed by atoms with E-state index in [1.165, 1.54) is 51.9 Å². The van der Waals surface area contributed by atoms with E-state index in [-0.39, 0.29) is 0 Å². The van der Waals surface area contributed by atoms with Gasteiger partial charge in [0.2, 0.25) is 0 Å². The van der Waals surface area contributed by atoms with E-state index >= 15 is 0 Å². The number of aryl methyl sites for hydroxylation is 4. The highest BCUT2D eigenvalue weighted by Gasteiger charge is 2.30. The van der Waals surface area contributed by atoms with Crippen molar-refractivity contribution in [2.24, 2.45) is 5.92 Å². The Bertz CT molecular complexity index is 1110. The molecule has 4 nitrogen and oxygen atoms in total. The summed E-state index contributed by atoms with van der Waals surface area (Å²) in [5.74, 6) is 1.79. The van der Waals surface area contributed by atoms with Crippen LogP contribution in [-0.4, -0.2) is 30.8 Å². The van der Waals surface area contributed by atoms with Crippen molar-refractivity contribution < 1.29 is 4.74 Å². The van der Waals surface area contributed by atoms with Crippen molar-refractivity contribution in [1.29, 1.82) is 0 Å². The molecule has 0 bridgehead atoms. The highest BCUT2D eigenvalue weighted by Crippen LogP contribution is 2.37. The van der Waals surface area contributed by atoms with E-state index < -0.39 is 0 Å². The fraction of sp³-hybridized carbons (Fsp3) is 0.464. The molecule has 0 atom stereocenters. The lowest BCUT2D eigenvalue weighted by Gasteiger charge is -2.37. The third-order valence-corrected chi connectivity index (χ3v) is 7.04. The molecular weight excluding hydrogens is 394 g/mol. The molecule has 0 radical (unpaired) electrons. The smallest absolute Gasteiger partial charge is 0.134 e. The molecule has 168 valence electrons. The molecule has 0 unspecified atom stereocenters. The predicted molar refractivity (Wildman–Crippen MR) is 134 cm³/mol. The zero-order chi connectivity index (χ0) is 22.2. The van der Waals surface area contributed by atoms with E-state index in [2.05, 4.69) is 74.3 Å².